The van der Waals surface area contributed by atoms with Crippen LogP contribution in [0.25, 0.3) is 0 Å². The van der Waals surface area contributed by atoms with Gasteiger partial charge in [-0.05, 0) is 53.9 Å². The molecular formula is C23H27N3O5. The Labute approximate surface area is 180 Å². The van der Waals surface area contributed by atoms with Gasteiger partial charge in [-0.1, -0.05) is 6.07 Å². The molecule has 164 valence electrons. The first kappa shape index (κ1) is 21.3. The lowest BCUT2D eigenvalue weighted by Gasteiger charge is -2.30. The fourth-order valence-corrected chi connectivity index (χ4v) is 3.95. The van der Waals surface area contributed by atoms with E-state index in [2.05, 4.69) is 10.6 Å². The van der Waals surface area contributed by atoms with Crippen molar-refractivity contribution in [2.24, 2.45) is 0 Å². The highest BCUT2D eigenvalue weighted by Crippen LogP contribution is 2.22. The maximum absolute atomic E-state index is 12.5. The second kappa shape index (κ2) is 9.47. The minimum atomic E-state index is -0.756. The van der Waals surface area contributed by atoms with Crippen LogP contribution in [0.15, 0.2) is 42.5 Å². The van der Waals surface area contributed by atoms with Crippen molar-refractivity contribution < 1.29 is 24.5 Å². The summed E-state index contributed by atoms with van der Waals surface area (Å²) in [5.74, 6) is -0.141. The van der Waals surface area contributed by atoms with E-state index in [1.807, 2.05) is 6.07 Å². The third-order valence-corrected chi connectivity index (χ3v) is 5.81. The number of carbonyl (C=O) groups is 2. The van der Waals surface area contributed by atoms with Crippen LogP contribution < -0.4 is 10.6 Å². The van der Waals surface area contributed by atoms with Gasteiger partial charge in [-0.15, -0.1) is 0 Å². The summed E-state index contributed by atoms with van der Waals surface area (Å²) in [6.07, 6.45) is -0.140. The zero-order valence-electron chi connectivity index (χ0n) is 17.2. The summed E-state index contributed by atoms with van der Waals surface area (Å²) in [5, 5.41) is 26.1. The van der Waals surface area contributed by atoms with E-state index in [4.69, 9.17) is 4.74 Å². The van der Waals surface area contributed by atoms with Crippen LogP contribution in [0, 0.1) is 0 Å². The molecule has 4 N–H and O–H groups in total. The van der Waals surface area contributed by atoms with Crippen LogP contribution in [-0.4, -0.2) is 71.9 Å². The van der Waals surface area contributed by atoms with Crippen LogP contribution in [-0.2, 0) is 17.7 Å². The second-order valence-corrected chi connectivity index (χ2v) is 7.90. The highest BCUT2D eigenvalue weighted by Gasteiger charge is 2.25. The Morgan fingerprint density at radius 3 is 2.55 bits per heavy atom. The lowest BCUT2D eigenvalue weighted by molar-refractivity contribution is 0.0303. The summed E-state index contributed by atoms with van der Waals surface area (Å²) in [4.78, 5) is 26.7. The molecule has 31 heavy (non-hydrogen) atoms. The van der Waals surface area contributed by atoms with Crippen molar-refractivity contribution >= 4 is 11.8 Å². The standard InChI is InChI=1S/C23H27N3O5/c27-19-6-5-17-12-20(24-13-18(17)11-19)21(28)14-25-22(29)15-1-3-16(4-2-15)23(30)26-7-9-31-10-8-26/h1-6,11,20-21,24,27-28H,7-10,12-14H2,(H,25,29). The number of phenols is 1. The highest BCUT2D eigenvalue weighted by molar-refractivity contribution is 5.97. The molecule has 0 spiro atoms. The molecule has 0 saturated carbocycles. The molecule has 1 saturated heterocycles. The summed E-state index contributed by atoms with van der Waals surface area (Å²) >= 11 is 0. The number of nitrogens with one attached hydrogen (secondary N) is 2. The highest BCUT2D eigenvalue weighted by atomic mass is 16.5. The predicted molar refractivity (Wildman–Crippen MR) is 114 cm³/mol. The van der Waals surface area contributed by atoms with Gasteiger partial charge in [0.1, 0.15) is 5.75 Å². The number of benzene rings is 2. The molecule has 2 heterocycles. The van der Waals surface area contributed by atoms with Gasteiger partial charge in [-0.3, -0.25) is 9.59 Å². The van der Waals surface area contributed by atoms with E-state index in [9.17, 15) is 19.8 Å². The van der Waals surface area contributed by atoms with Gasteiger partial charge in [0.25, 0.3) is 11.8 Å². The zero-order valence-corrected chi connectivity index (χ0v) is 17.2. The number of fused-ring (bicyclic) bond motifs is 1. The number of morpholine rings is 1. The summed E-state index contributed by atoms with van der Waals surface area (Å²) < 4.78 is 5.27. The molecule has 2 aliphatic heterocycles. The Morgan fingerprint density at radius 1 is 1.10 bits per heavy atom. The fraction of sp³-hybridized carbons (Fsp3) is 0.391. The SMILES string of the molecule is O=C(NCC(O)C1Cc2ccc(O)cc2CN1)c1ccc(C(=O)N2CCOCC2)cc1. The van der Waals surface area contributed by atoms with Crippen molar-refractivity contribution in [2.45, 2.75) is 25.1 Å². The number of aliphatic hydroxyl groups is 1. The number of aromatic hydroxyl groups is 1. The maximum Gasteiger partial charge on any atom is 0.254 e. The van der Waals surface area contributed by atoms with Gasteiger partial charge in [0.15, 0.2) is 0 Å². The Balaban J connectivity index is 1.29. The normalized spacial score (nSPS) is 19.4. The Bertz CT molecular complexity index is 941. The monoisotopic (exact) mass is 425 g/mol. The largest absolute Gasteiger partial charge is 0.508 e. The molecule has 2 aromatic rings. The second-order valence-electron chi connectivity index (χ2n) is 7.90. The number of phenolic OH excluding ortho intramolecular Hbond substituents is 1. The number of nitrogens with zero attached hydrogens (tertiary/aromatic N) is 1. The van der Waals surface area contributed by atoms with Crippen LogP contribution in [0.1, 0.15) is 31.8 Å². The molecule has 2 atom stereocenters. The van der Waals surface area contributed by atoms with Crippen LogP contribution in [0.2, 0.25) is 0 Å². The molecule has 4 rings (SSSR count). The van der Waals surface area contributed by atoms with Crippen LogP contribution in [0.5, 0.6) is 5.75 Å². The average molecular weight is 425 g/mol. The van der Waals surface area contributed by atoms with Crippen molar-refractivity contribution in [3.05, 3.63) is 64.7 Å². The van der Waals surface area contributed by atoms with Gasteiger partial charge in [0, 0.05) is 43.3 Å². The number of rotatable bonds is 5. The maximum atomic E-state index is 12.5. The van der Waals surface area contributed by atoms with E-state index in [0.29, 0.717) is 50.4 Å². The number of ether oxygens (including phenoxy) is 1. The summed E-state index contributed by atoms with van der Waals surface area (Å²) in [6, 6.07) is 11.6. The van der Waals surface area contributed by atoms with Gasteiger partial charge in [0.2, 0.25) is 0 Å². The Hall–Kier alpha value is -2.94. The van der Waals surface area contributed by atoms with Gasteiger partial charge in [0.05, 0.1) is 19.3 Å². The predicted octanol–water partition coefficient (Wildman–Crippen LogP) is 0.670. The van der Waals surface area contributed by atoms with Gasteiger partial charge in [-0.25, -0.2) is 0 Å². The molecule has 2 aliphatic rings. The van der Waals surface area contributed by atoms with Gasteiger partial charge < -0.3 is 30.5 Å². The zero-order chi connectivity index (χ0) is 21.8. The summed E-state index contributed by atoms with van der Waals surface area (Å²) in [5.41, 5.74) is 3.06. The minimum absolute atomic E-state index is 0.0670. The van der Waals surface area contributed by atoms with Gasteiger partial charge in [-0.2, -0.15) is 0 Å². The van der Waals surface area contributed by atoms with Crippen molar-refractivity contribution in [3.63, 3.8) is 0 Å². The number of amides is 2. The average Bonchev–Trinajstić information content (AvgIpc) is 2.82. The van der Waals surface area contributed by atoms with Crippen LogP contribution in [0.3, 0.4) is 0 Å². The molecule has 8 nitrogen and oxygen atoms in total. The first-order chi connectivity index (χ1) is 15.0. The molecule has 2 unspecified atom stereocenters. The molecule has 0 aromatic heterocycles. The molecular weight excluding hydrogens is 398 g/mol. The Kier molecular flexibility index (Phi) is 6.50. The molecule has 0 bridgehead atoms. The van der Waals surface area contributed by atoms with E-state index >= 15 is 0 Å². The lowest BCUT2D eigenvalue weighted by atomic mass is 9.92. The van der Waals surface area contributed by atoms with Crippen molar-refractivity contribution in [1.82, 2.24) is 15.5 Å². The topological polar surface area (TPSA) is 111 Å². The number of hydrogen-bond donors (Lipinski definition) is 4. The number of aliphatic hydroxyl groups excluding tert-OH is 1. The van der Waals surface area contributed by atoms with E-state index < -0.39 is 6.10 Å². The van der Waals surface area contributed by atoms with Crippen LogP contribution in [0.4, 0.5) is 0 Å². The van der Waals surface area contributed by atoms with Crippen LogP contribution >= 0.6 is 0 Å². The summed E-state index contributed by atoms with van der Waals surface area (Å²) in [6.45, 7) is 2.88. The molecule has 0 radical (unpaired) electrons. The van der Waals surface area contributed by atoms with Gasteiger partial charge >= 0.3 is 0 Å². The third-order valence-electron chi connectivity index (χ3n) is 5.81. The molecule has 2 amide bonds. The number of hydrogen-bond acceptors (Lipinski definition) is 6. The molecule has 2 aromatic carbocycles. The lowest BCUT2D eigenvalue weighted by Crippen LogP contribution is -2.49. The third kappa shape index (κ3) is 5.04. The van der Waals surface area contributed by atoms with Crippen molar-refractivity contribution in [3.8, 4) is 5.75 Å². The quantitative estimate of drug-likeness (QED) is 0.561. The molecule has 8 heteroatoms. The first-order valence-electron chi connectivity index (χ1n) is 10.5. The van der Waals surface area contributed by atoms with E-state index in [1.54, 1.807) is 41.3 Å². The fourth-order valence-electron chi connectivity index (χ4n) is 3.95. The smallest absolute Gasteiger partial charge is 0.254 e. The molecule has 1 fully saturated rings. The van der Waals surface area contributed by atoms with Crippen molar-refractivity contribution in [2.75, 3.05) is 32.8 Å². The Morgan fingerprint density at radius 2 is 1.81 bits per heavy atom. The molecule has 0 aliphatic carbocycles. The minimum Gasteiger partial charge on any atom is -0.508 e. The first-order valence-corrected chi connectivity index (χ1v) is 10.5. The summed E-state index contributed by atoms with van der Waals surface area (Å²) in [7, 11) is 0. The van der Waals surface area contributed by atoms with E-state index in [0.717, 1.165) is 11.1 Å². The van der Waals surface area contributed by atoms with E-state index in [1.165, 1.54) is 0 Å². The van der Waals surface area contributed by atoms with Crippen molar-refractivity contribution in [1.29, 1.82) is 0 Å². The number of carbonyl (C=O) groups excluding carboxylic acids is 2. The van der Waals surface area contributed by atoms with E-state index in [-0.39, 0.29) is 30.2 Å².